The summed E-state index contributed by atoms with van der Waals surface area (Å²) in [6, 6.07) is 0. The number of halogens is 1. The van der Waals surface area contributed by atoms with Crippen molar-refractivity contribution in [2.45, 2.75) is 6.92 Å². The lowest BCUT2D eigenvalue weighted by Gasteiger charge is -2.29. The van der Waals surface area contributed by atoms with Crippen LogP contribution in [0.1, 0.15) is 6.92 Å². The molecule has 0 fully saturated rings. The Morgan fingerprint density at radius 2 is 1.64 bits per heavy atom. The maximum absolute atomic E-state index is 2.27. The van der Waals surface area contributed by atoms with Crippen LogP contribution in [-0.4, -0.2) is 57.2 Å². The highest BCUT2D eigenvalue weighted by atomic mass is 35.5. The van der Waals surface area contributed by atoms with Gasteiger partial charge in [0.2, 0.25) is 0 Å². The third-order valence-electron chi connectivity index (χ3n) is 2.01. The van der Waals surface area contributed by atoms with Crippen molar-refractivity contribution < 1.29 is 16.9 Å². The molecule has 0 aliphatic rings. The van der Waals surface area contributed by atoms with Crippen molar-refractivity contribution in [3.63, 3.8) is 0 Å². The van der Waals surface area contributed by atoms with Crippen LogP contribution in [0.2, 0.25) is 0 Å². The second-order valence-corrected chi connectivity index (χ2v) is 3.78. The Hall–Kier alpha value is 0.210. The van der Waals surface area contributed by atoms with Gasteiger partial charge in [-0.1, -0.05) is 0 Å². The van der Waals surface area contributed by atoms with Gasteiger partial charge in [-0.15, -0.1) is 0 Å². The van der Waals surface area contributed by atoms with Crippen LogP contribution < -0.4 is 12.4 Å². The molecule has 0 saturated carbocycles. The van der Waals surface area contributed by atoms with Crippen molar-refractivity contribution >= 4 is 0 Å². The molecule has 0 aliphatic heterocycles. The zero-order chi connectivity index (χ0) is 8.20. The zero-order valence-electron chi connectivity index (χ0n) is 8.39. The van der Waals surface area contributed by atoms with Gasteiger partial charge in [0.15, 0.2) is 0 Å². The van der Waals surface area contributed by atoms with Gasteiger partial charge in [-0.2, -0.15) is 0 Å². The Bertz CT molecular complexity index is 92.1. The summed E-state index contributed by atoms with van der Waals surface area (Å²) < 4.78 is 1.12. The van der Waals surface area contributed by atoms with Gasteiger partial charge >= 0.3 is 0 Å². The first-order chi connectivity index (χ1) is 4.48. The van der Waals surface area contributed by atoms with E-state index >= 15 is 0 Å². The van der Waals surface area contributed by atoms with E-state index in [1.165, 1.54) is 19.6 Å². The third-order valence-corrected chi connectivity index (χ3v) is 2.01. The lowest BCUT2D eigenvalue weighted by molar-refractivity contribution is -0.887. The average molecular weight is 181 g/mol. The topological polar surface area (TPSA) is 3.24 Å². The maximum atomic E-state index is 2.27. The summed E-state index contributed by atoms with van der Waals surface area (Å²) >= 11 is 0. The van der Waals surface area contributed by atoms with Crippen LogP contribution in [0.5, 0.6) is 0 Å². The van der Waals surface area contributed by atoms with E-state index in [4.69, 9.17) is 0 Å². The molecule has 0 aliphatic carbocycles. The monoisotopic (exact) mass is 180 g/mol. The van der Waals surface area contributed by atoms with E-state index in [0.29, 0.717) is 0 Å². The highest BCUT2D eigenvalue weighted by Gasteiger charge is 2.10. The van der Waals surface area contributed by atoms with Gasteiger partial charge in [0, 0.05) is 6.54 Å². The molecule has 2 nitrogen and oxygen atoms in total. The first kappa shape index (κ1) is 13.8. The minimum Gasteiger partial charge on any atom is -1.00 e. The molecule has 0 unspecified atom stereocenters. The van der Waals surface area contributed by atoms with Gasteiger partial charge in [-0.25, -0.2) is 0 Å². The minimum absolute atomic E-state index is 0. The number of hydrogen-bond donors (Lipinski definition) is 0. The van der Waals surface area contributed by atoms with Crippen LogP contribution in [0.25, 0.3) is 0 Å². The Morgan fingerprint density at radius 1 is 1.18 bits per heavy atom. The normalized spacial score (nSPS) is 11.5. The summed E-state index contributed by atoms with van der Waals surface area (Å²) in [6.07, 6.45) is 0. The number of rotatable bonds is 4. The van der Waals surface area contributed by atoms with Gasteiger partial charge in [-0.05, 0) is 21.0 Å². The summed E-state index contributed by atoms with van der Waals surface area (Å²) in [7, 11) is 8.78. The third kappa shape index (κ3) is 8.11. The Balaban J connectivity index is 0. The van der Waals surface area contributed by atoms with Crippen molar-refractivity contribution in [1.29, 1.82) is 0 Å². The zero-order valence-corrected chi connectivity index (χ0v) is 9.15. The molecule has 0 heterocycles. The standard InChI is InChI=1S/C8H21N2.ClH/c1-6-10(4,5)8-7-9(2)3;/h6-8H2,1-5H3;1H/q+1;/p-1. The second kappa shape index (κ2) is 5.81. The molecule has 0 aromatic rings. The van der Waals surface area contributed by atoms with Crippen molar-refractivity contribution in [2.75, 3.05) is 47.8 Å². The van der Waals surface area contributed by atoms with Gasteiger partial charge in [0.1, 0.15) is 0 Å². The Morgan fingerprint density at radius 3 is 1.91 bits per heavy atom. The molecule has 11 heavy (non-hydrogen) atoms. The molecule has 0 bridgehead atoms. The summed E-state index contributed by atoms with van der Waals surface area (Å²) in [5.41, 5.74) is 0. The van der Waals surface area contributed by atoms with Gasteiger partial charge in [0.25, 0.3) is 0 Å². The number of hydrogen-bond acceptors (Lipinski definition) is 1. The van der Waals surface area contributed by atoms with E-state index in [2.05, 4.69) is 40.0 Å². The predicted octanol–water partition coefficient (Wildman–Crippen LogP) is -2.35. The highest BCUT2D eigenvalue weighted by molar-refractivity contribution is 4.39. The van der Waals surface area contributed by atoms with Crippen LogP contribution >= 0.6 is 0 Å². The average Bonchev–Trinajstić information content (AvgIpc) is 1.85. The van der Waals surface area contributed by atoms with Gasteiger partial charge in [-0.3, -0.25) is 0 Å². The molecule has 0 saturated heterocycles. The largest absolute Gasteiger partial charge is 1.00 e. The van der Waals surface area contributed by atoms with Crippen LogP contribution in [0, 0.1) is 0 Å². The van der Waals surface area contributed by atoms with E-state index in [1.807, 2.05) is 0 Å². The fourth-order valence-electron chi connectivity index (χ4n) is 0.629. The van der Waals surface area contributed by atoms with E-state index in [-0.39, 0.29) is 12.4 Å². The molecule has 0 amide bonds. The molecule has 0 rings (SSSR count). The highest BCUT2D eigenvalue weighted by Crippen LogP contribution is 1.94. The van der Waals surface area contributed by atoms with E-state index in [1.54, 1.807) is 0 Å². The molecule has 0 atom stereocenters. The summed E-state index contributed by atoms with van der Waals surface area (Å²) in [5, 5.41) is 0. The molecule has 0 radical (unpaired) electrons. The van der Waals surface area contributed by atoms with Crippen LogP contribution in [-0.2, 0) is 0 Å². The molecule has 0 spiro atoms. The van der Waals surface area contributed by atoms with E-state index in [9.17, 15) is 0 Å². The molecule has 70 valence electrons. The maximum Gasteiger partial charge on any atom is 0.0911 e. The summed E-state index contributed by atoms with van der Waals surface area (Å²) in [6.45, 7) is 5.87. The van der Waals surface area contributed by atoms with E-state index < -0.39 is 0 Å². The van der Waals surface area contributed by atoms with Gasteiger partial charge in [0.05, 0.1) is 27.2 Å². The molecule has 0 aromatic carbocycles. The first-order valence-corrected chi connectivity index (χ1v) is 3.94. The smallest absolute Gasteiger partial charge is 0.0911 e. The van der Waals surface area contributed by atoms with Crippen molar-refractivity contribution in [3.05, 3.63) is 0 Å². The number of quaternary nitrogens is 1. The Kier molecular flexibility index (Phi) is 7.28. The second-order valence-electron chi connectivity index (χ2n) is 3.78. The number of likely N-dealkylation sites (N-methyl/N-ethyl adjacent to an activating group) is 2. The summed E-state index contributed by atoms with van der Waals surface area (Å²) in [5.74, 6) is 0. The van der Waals surface area contributed by atoms with Crippen molar-refractivity contribution in [1.82, 2.24) is 4.90 Å². The lowest BCUT2D eigenvalue weighted by atomic mass is 10.4. The lowest BCUT2D eigenvalue weighted by Crippen LogP contribution is -3.00. The van der Waals surface area contributed by atoms with E-state index in [0.717, 1.165) is 4.48 Å². The Labute approximate surface area is 77.2 Å². The minimum atomic E-state index is 0. The SMILES string of the molecule is CC[N+](C)(C)CCN(C)C.[Cl-]. The fourth-order valence-corrected chi connectivity index (χ4v) is 0.629. The molecule has 0 N–H and O–H groups in total. The van der Waals surface area contributed by atoms with Crippen LogP contribution in [0.3, 0.4) is 0 Å². The van der Waals surface area contributed by atoms with Crippen LogP contribution in [0.4, 0.5) is 0 Å². The number of nitrogens with zero attached hydrogens (tertiary/aromatic N) is 2. The predicted molar refractivity (Wildman–Crippen MR) is 46.1 cm³/mol. The summed E-state index contributed by atoms with van der Waals surface area (Å²) in [4.78, 5) is 2.23. The quantitative estimate of drug-likeness (QED) is 0.438. The molecule has 0 aromatic heterocycles. The van der Waals surface area contributed by atoms with Gasteiger partial charge < -0.3 is 21.8 Å². The fraction of sp³-hybridized carbons (Fsp3) is 1.00. The van der Waals surface area contributed by atoms with Crippen molar-refractivity contribution in [3.8, 4) is 0 Å². The molecular formula is C8H21ClN2. The molecular weight excluding hydrogens is 160 g/mol. The first-order valence-electron chi connectivity index (χ1n) is 3.94. The molecule has 3 heteroatoms. The van der Waals surface area contributed by atoms with Crippen LogP contribution in [0.15, 0.2) is 0 Å². The van der Waals surface area contributed by atoms with Crippen molar-refractivity contribution in [2.24, 2.45) is 0 Å².